The fourth-order valence-electron chi connectivity index (χ4n) is 3.44. The Balaban J connectivity index is 1.38. The van der Waals surface area contributed by atoms with E-state index in [0.29, 0.717) is 19.3 Å². The zero-order valence-corrected chi connectivity index (χ0v) is 15.4. The molecule has 0 bridgehead atoms. The molecule has 2 aliphatic heterocycles. The zero-order chi connectivity index (χ0) is 17.6. The molecular formula is C19H31N3O3+2. The van der Waals surface area contributed by atoms with Gasteiger partial charge in [-0.3, -0.25) is 4.79 Å². The van der Waals surface area contributed by atoms with Gasteiger partial charge in [-0.25, -0.2) is 0 Å². The molecule has 0 spiro atoms. The van der Waals surface area contributed by atoms with E-state index in [4.69, 9.17) is 9.47 Å². The van der Waals surface area contributed by atoms with Gasteiger partial charge in [-0.1, -0.05) is 13.8 Å². The lowest BCUT2D eigenvalue weighted by Crippen LogP contribution is -3.28. The first kappa shape index (κ1) is 18.0. The van der Waals surface area contributed by atoms with Crippen molar-refractivity contribution in [1.82, 2.24) is 5.32 Å². The number of ether oxygens (including phenoxy) is 2. The first-order valence-electron chi connectivity index (χ1n) is 9.42. The van der Waals surface area contributed by atoms with Crippen molar-refractivity contribution in [3.05, 3.63) is 23.8 Å². The van der Waals surface area contributed by atoms with Gasteiger partial charge in [-0.05, 0) is 30.5 Å². The van der Waals surface area contributed by atoms with Gasteiger partial charge in [0, 0.05) is 12.1 Å². The number of benzene rings is 1. The predicted molar refractivity (Wildman–Crippen MR) is 95.0 cm³/mol. The molecule has 2 aliphatic rings. The Hall–Kier alpha value is -1.79. The third-order valence-corrected chi connectivity index (χ3v) is 5.01. The maximum absolute atomic E-state index is 12.0. The van der Waals surface area contributed by atoms with Gasteiger partial charge in [0.1, 0.15) is 32.7 Å². The molecule has 1 saturated heterocycles. The zero-order valence-electron chi connectivity index (χ0n) is 15.4. The summed E-state index contributed by atoms with van der Waals surface area (Å²) < 4.78 is 10.8. The van der Waals surface area contributed by atoms with Crippen LogP contribution in [-0.4, -0.2) is 52.0 Å². The quantitative estimate of drug-likeness (QED) is 0.583. The predicted octanol–water partition coefficient (Wildman–Crippen LogP) is -1.14. The fourth-order valence-corrected chi connectivity index (χ4v) is 3.44. The third kappa shape index (κ3) is 5.34. The van der Waals surface area contributed by atoms with Crippen LogP contribution < -0.4 is 24.6 Å². The van der Waals surface area contributed by atoms with Gasteiger partial charge < -0.3 is 24.6 Å². The second-order valence-electron chi connectivity index (χ2n) is 7.57. The Labute approximate surface area is 150 Å². The first-order valence-corrected chi connectivity index (χ1v) is 9.42. The average Bonchev–Trinajstić information content (AvgIpc) is 3.04. The van der Waals surface area contributed by atoms with Gasteiger partial charge in [0.15, 0.2) is 18.0 Å². The van der Waals surface area contributed by atoms with Crippen molar-refractivity contribution >= 4 is 5.91 Å². The molecule has 0 atom stereocenters. The summed E-state index contributed by atoms with van der Waals surface area (Å²) in [5.74, 6) is 2.53. The number of hydrogen-bond donors (Lipinski definition) is 3. The molecular weight excluding hydrogens is 318 g/mol. The number of rotatable bonds is 7. The lowest BCUT2D eigenvalue weighted by Gasteiger charge is -2.29. The Kier molecular flexibility index (Phi) is 6.15. The summed E-state index contributed by atoms with van der Waals surface area (Å²) >= 11 is 0. The molecule has 0 saturated carbocycles. The van der Waals surface area contributed by atoms with E-state index >= 15 is 0 Å². The molecule has 3 N–H and O–H groups in total. The van der Waals surface area contributed by atoms with Crippen LogP contribution in [0.5, 0.6) is 11.5 Å². The van der Waals surface area contributed by atoms with E-state index in [2.05, 4.69) is 31.3 Å². The molecule has 0 unspecified atom stereocenters. The van der Waals surface area contributed by atoms with Crippen molar-refractivity contribution in [2.24, 2.45) is 5.92 Å². The number of carbonyl (C=O) groups is 1. The van der Waals surface area contributed by atoms with Crippen LogP contribution in [0.2, 0.25) is 0 Å². The van der Waals surface area contributed by atoms with Crippen molar-refractivity contribution in [3.63, 3.8) is 0 Å². The maximum Gasteiger partial charge on any atom is 0.275 e. The van der Waals surface area contributed by atoms with E-state index in [0.717, 1.165) is 57.2 Å². The van der Waals surface area contributed by atoms with E-state index in [1.165, 1.54) is 10.5 Å². The summed E-state index contributed by atoms with van der Waals surface area (Å²) in [7, 11) is 0. The summed E-state index contributed by atoms with van der Waals surface area (Å²) in [6, 6.07) is 6.22. The Morgan fingerprint density at radius 2 is 1.84 bits per heavy atom. The van der Waals surface area contributed by atoms with Gasteiger partial charge >= 0.3 is 0 Å². The van der Waals surface area contributed by atoms with E-state index in [9.17, 15) is 4.79 Å². The minimum absolute atomic E-state index is 0.190. The van der Waals surface area contributed by atoms with Crippen LogP contribution in [0.3, 0.4) is 0 Å². The molecule has 6 heteroatoms. The van der Waals surface area contributed by atoms with Crippen LogP contribution in [0.25, 0.3) is 0 Å². The summed E-state index contributed by atoms with van der Waals surface area (Å²) in [6.07, 6.45) is 1.05. The average molecular weight is 349 g/mol. The molecule has 3 rings (SSSR count). The smallest absolute Gasteiger partial charge is 0.275 e. The van der Waals surface area contributed by atoms with Crippen molar-refractivity contribution in [2.45, 2.75) is 26.8 Å². The SMILES string of the molecule is CC(C)CCNC(=O)C[NH+]1CC[NH+](Cc2ccc3c(c2)OCO3)CC1. The van der Waals surface area contributed by atoms with Gasteiger partial charge in [0.25, 0.3) is 5.91 Å². The number of amides is 1. The summed E-state index contributed by atoms with van der Waals surface area (Å²) in [5.41, 5.74) is 1.29. The van der Waals surface area contributed by atoms with Crippen LogP contribution in [0.4, 0.5) is 0 Å². The summed E-state index contributed by atoms with van der Waals surface area (Å²) in [5, 5.41) is 3.04. The lowest BCUT2D eigenvalue weighted by atomic mass is 10.1. The molecule has 138 valence electrons. The summed E-state index contributed by atoms with van der Waals surface area (Å²) in [6.45, 7) is 11.4. The molecule has 25 heavy (non-hydrogen) atoms. The maximum atomic E-state index is 12.0. The van der Waals surface area contributed by atoms with Gasteiger partial charge in [-0.2, -0.15) is 0 Å². The lowest BCUT2D eigenvalue weighted by molar-refractivity contribution is -1.02. The first-order chi connectivity index (χ1) is 12.1. The third-order valence-electron chi connectivity index (χ3n) is 5.01. The highest BCUT2D eigenvalue weighted by molar-refractivity contribution is 5.76. The Morgan fingerprint density at radius 1 is 1.12 bits per heavy atom. The Morgan fingerprint density at radius 3 is 2.60 bits per heavy atom. The second-order valence-corrected chi connectivity index (χ2v) is 7.57. The van der Waals surface area contributed by atoms with E-state index in [1.807, 2.05) is 6.07 Å². The van der Waals surface area contributed by atoms with E-state index in [-0.39, 0.29) is 5.91 Å². The van der Waals surface area contributed by atoms with E-state index < -0.39 is 0 Å². The van der Waals surface area contributed by atoms with Crippen LogP contribution >= 0.6 is 0 Å². The summed E-state index contributed by atoms with van der Waals surface area (Å²) in [4.78, 5) is 15.0. The van der Waals surface area contributed by atoms with E-state index in [1.54, 1.807) is 4.90 Å². The van der Waals surface area contributed by atoms with Crippen molar-refractivity contribution in [3.8, 4) is 11.5 Å². The van der Waals surface area contributed by atoms with Crippen LogP contribution in [-0.2, 0) is 11.3 Å². The standard InChI is InChI=1S/C19H29N3O3/c1-15(2)5-6-20-19(23)13-22-9-7-21(8-10-22)12-16-3-4-17-18(11-16)25-14-24-17/h3-4,11,15H,5-10,12-14H2,1-2H3,(H,20,23)/p+2. The molecule has 2 heterocycles. The van der Waals surface area contributed by atoms with Gasteiger partial charge in [0.05, 0.1) is 0 Å². The van der Waals surface area contributed by atoms with Crippen molar-refractivity contribution in [1.29, 1.82) is 0 Å². The molecule has 0 aliphatic carbocycles. The highest BCUT2D eigenvalue weighted by Gasteiger charge is 2.25. The molecule has 1 amide bonds. The largest absolute Gasteiger partial charge is 0.454 e. The number of nitrogens with one attached hydrogen (secondary N) is 3. The number of hydrogen-bond acceptors (Lipinski definition) is 3. The molecule has 6 nitrogen and oxygen atoms in total. The Bertz CT molecular complexity index is 583. The van der Waals surface area contributed by atoms with Crippen molar-refractivity contribution < 1.29 is 24.1 Å². The van der Waals surface area contributed by atoms with Crippen LogP contribution in [0, 0.1) is 5.92 Å². The molecule has 0 aromatic heterocycles. The number of quaternary nitrogens is 2. The highest BCUT2D eigenvalue weighted by Crippen LogP contribution is 2.32. The van der Waals surface area contributed by atoms with Crippen molar-refractivity contribution in [2.75, 3.05) is 46.1 Å². The highest BCUT2D eigenvalue weighted by atomic mass is 16.7. The molecule has 0 radical (unpaired) electrons. The number of carbonyl (C=O) groups excluding carboxylic acids is 1. The second kappa shape index (κ2) is 8.54. The van der Waals surface area contributed by atoms with Crippen LogP contribution in [0.1, 0.15) is 25.8 Å². The normalized spacial score (nSPS) is 22.2. The topological polar surface area (TPSA) is 56.4 Å². The minimum Gasteiger partial charge on any atom is -0.454 e. The number of fused-ring (bicyclic) bond motifs is 1. The fraction of sp³-hybridized carbons (Fsp3) is 0.632. The minimum atomic E-state index is 0.190. The van der Waals surface area contributed by atoms with Gasteiger partial charge in [0.2, 0.25) is 6.79 Å². The number of piperazine rings is 1. The monoisotopic (exact) mass is 349 g/mol. The molecule has 1 aromatic rings. The molecule has 1 fully saturated rings. The van der Waals surface area contributed by atoms with Gasteiger partial charge in [-0.15, -0.1) is 0 Å². The van der Waals surface area contributed by atoms with Crippen LogP contribution in [0.15, 0.2) is 18.2 Å². The molecule has 1 aromatic carbocycles.